The Morgan fingerprint density at radius 1 is 1.40 bits per heavy atom. The Balaban J connectivity index is 1.67. The highest BCUT2D eigenvalue weighted by molar-refractivity contribution is 5.82. The van der Waals surface area contributed by atoms with Crippen LogP contribution in [0.3, 0.4) is 0 Å². The molecule has 0 aliphatic carbocycles. The van der Waals surface area contributed by atoms with Gasteiger partial charge in [0, 0.05) is 19.6 Å². The molecule has 4 nitrogen and oxygen atoms in total. The third kappa shape index (κ3) is 2.72. The predicted octanol–water partition coefficient (Wildman–Crippen LogP) is 1.34. The lowest BCUT2D eigenvalue weighted by atomic mass is 9.95. The van der Waals surface area contributed by atoms with Crippen molar-refractivity contribution in [2.45, 2.75) is 38.5 Å². The minimum absolute atomic E-state index is 0.0829. The molecule has 0 saturated carbocycles. The second kappa shape index (κ2) is 5.94. The summed E-state index contributed by atoms with van der Waals surface area (Å²) in [4.78, 5) is 14.6. The van der Waals surface area contributed by atoms with Crippen molar-refractivity contribution in [3.05, 3.63) is 35.4 Å². The maximum atomic E-state index is 12.6. The van der Waals surface area contributed by atoms with E-state index >= 15 is 0 Å². The Morgan fingerprint density at radius 3 is 3.00 bits per heavy atom. The molecule has 0 aromatic heterocycles. The van der Waals surface area contributed by atoms with Gasteiger partial charge in [0.2, 0.25) is 5.91 Å². The smallest absolute Gasteiger partial charge is 0.240 e. The number of ether oxygens (including phenoxy) is 1. The van der Waals surface area contributed by atoms with E-state index in [9.17, 15) is 4.79 Å². The molecule has 1 unspecified atom stereocenters. The van der Waals surface area contributed by atoms with Gasteiger partial charge in [-0.3, -0.25) is 4.79 Å². The van der Waals surface area contributed by atoms with Gasteiger partial charge in [-0.25, -0.2) is 0 Å². The lowest BCUT2D eigenvalue weighted by Gasteiger charge is -2.36. The fourth-order valence-electron chi connectivity index (χ4n) is 3.02. The molecular weight excluding hydrogens is 252 g/mol. The Bertz CT molecular complexity index is 489. The normalized spacial score (nSPS) is 26.1. The fraction of sp³-hybridized carbons (Fsp3) is 0.562. The quantitative estimate of drug-likeness (QED) is 0.885. The number of nitrogens with one attached hydrogen (secondary N) is 1. The van der Waals surface area contributed by atoms with Gasteiger partial charge >= 0.3 is 0 Å². The lowest BCUT2D eigenvalue weighted by Crippen LogP contribution is -2.54. The second-order valence-corrected chi connectivity index (χ2v) is 5.59. The van der Waals surface area contributed by atoms with Gasteiger partial charge in [-0.05, 0) is 24.0 Å². The van der Waals surface area contributed by atoms with Crippen molar-refractivity contribution in [3.63, 3.8) is 0 Å². The standard InChI is InChI=1S/C16H22N2O2/c1-2-14-11-18(7-8-20-14)16(19)15-9-12-5-3-4-6-13(12)10-17-15/h3-6,14-15,17H,2,7-11H2,1H3/t14?,15-/m0/s1. The van der Waals surface area contributed by atoms with Crippen molar-refractivity contribution >= 4 is 5.91 Å². The summed E-state index contributed by atoms with van der Waals surface area (Å²) >= 11 is 0. The first-order chi connectivity index (χ1) is 9.78. The van der Waals surface area contributed by atoms with E-state index in [0.717, 1.165) is 32.5 Å². The molecule has 2 heterocycles. The van der Waals surface area contributed by atoms with Crippen molar-refractivity contribution in [1.29, 1.82) is 0 Å². The highest BCUT2D eigenvalue weighted by Crippen LogP contribution is 2.18. The van der Waals surface area contributed by atoms with Gasteiger partial charge in [0.05, 0.1) is 18.8 Å². The van der Waals surface area contributed by atoms with Gasteiger partial charge in [-0.1, -0.05) is 31.2 Å². The SMILES string of the molecule is CCC1CN(C(=O)[C@@H]2Cc3ccccc3CN2)CCO1. The fourth-order valence-corrected chi connectivity index (χ4v) is 3.02. The molecule has 2 aliphatic rings. The summed E-state index contributed by atoms with van der Waals surface area (Å²) in [5.74, 6) is 0.223. The molecule has 0 spiro atoms. The van der Waals surface area contributed by atoms with Crippen LogP contribution in [0.25, 0.3) is 0 Å². The lowest BCUT2D eigenvalue weighted by molar-refractivity contribution is -0.141. The number of hydrogen-bond acceptors (Lipinski definition) is 3. The van der Waals surface area contributed by atoms with E-state index in [4.69, 9.17) is 4.74 Å². The first-order valence-corrected chi connectivity index (χ1v) is 7.48. The largest absolute Gasteiger partial charge is 0.375 e. The summed E-state index contributed by atoms with van der Waals surface area (Å²) in [6.45, 7) is 5.00. The molecule has 1 aromatic rings. The van der Waals surface area contributed by atoms with Crippen LogP contribution in [0, 0.1) is 0 Å². The molecule has 1 N–H and O–H groups in total. The van der Waals surface area contributed by atoms with Gasteiger partial charge in [0.25, 0.3) is 0 Å². The third-order valence-corrected chi connectivity index (χ3v) is 4.29. The average molecular weight is 274 g/mol. The van der Waals surface area contributed by atoms with E-state index in [1.54, 1.807) is 0 Å². The number of carbonyl (C=O) groups is 1. The molecule has 2 aliphatic heterocycles. The highest BCUT2D eigenvalue weighted by atomic mass is 16.5. The van der Waals surface area contributed by atoms with E-state index in [1.807, 2.05) is 11.0 Å². The number of carbonyl (C=O) groups excluding carboxylic acids is 1. The number of benzene rings is 1. The van der Waals surface area contributed by atoms with E-state index in [0.29, 0.717) is 6.61 Å². The number of hydrogen-bond donors (Lipinski definition) is 1. The third-order valence-electron chi connectivity index (χ3n) is 4.29. The summed E-state index contributed by atoms with van der Waals surface area (Å²) < 4.78 is 5.64. The second-order valence-electron chi connectivity index (χ2n) is 5.59. The van der Waals surface area contributed by atoms with Gasteiger partial charge in [-0.2, -0.15) is 0 Å². The summed E-state index contributed by atoms with van der Waals surface area (Å²) in [5, 5.41) is 3.37. The molecule has 0 radical (unpaired) electrons. The van der Waals surface area contributed by atoms with E-state index < -0.39 is 0 Å². The minimum atomic E-state index is -0.0829. The minimum Gasteiger partial charge on any atom is -0.375 e. The maximum Gasteiger partial charge on any atom is 0.240 e. The molecule has 20 heavy (non-hydrogen) atoms. The van der Waals surface area contributed by atoms with E-state index in [-0.39, 0.29) is 18.1 Å². The number of amides is 1. The van der Waals surface area contributed by atoms with Crippen molar-refractivity contribution in [2.24, 2.45) is 0 Å². The molecule has 1 aromatic carbocycles. The van der Waals surface area contributed by atoms with Crippen LogP contribution in [0.5, 0.6) is 0 Å². The maximum absolute atomic E-state index is 12.6. The molecule has 1 amide bonds. The van der Waals surface area contributed by atoms with Crippen molar-refractivity contribution in [2.75, 3.05) is 19.7 Å². The van der Waals surface area contributed by atoms with Crippen molar-refractivity contribution < 1.29 is 9.53 Å². The molecule has 3 rings (SSSR count). The monoisotopic (exact) mass is 274 g/mol. The van der Waals surface area contributed by atoms with Crippen LogP contribution in [-0.4, -0.2) is 42.6 Å². The average Bonchev–Trinajstić information content (AvgIpc) is 2.53. The van der Waals surface area contributed by atoms with Crippen LogP contribution in [-0.2, 0) is 22.5 Å². The summed E-state index contributed by atoms with van der Waals surface area (Å²) in [6.07, 6.45) is 1.96. The van der Waals surface area contributed by atoms with Crippen LogP contribution in [0.1, 0.15) is 24.5 Å². The first-order valence-electron chi connectivity index (χ1n) is 7.48. The molecule has 1 saturated heterocycles. The van der Waals surface area contributed by atoms with Crippen LogP contribution >= 0.6 is 0 Å². The summed E-state index contributed by atoms with van der Waals surface area (Å²) in [5.41, 5.74) is 2.61. The highest BCUT2D eigenvalue weighted by Gasteiger charge is 2.30. The molecule has 2 atom stereocenters. The number of nitrogens with zero attached hydrogens (tertiary/aromatic N) is 1. The van der Waals surface area contributed by atoms with Crippen LogP contribution in [0.15, 0.2) is 24.3 Å². The van der Waals surface area contributed by atoms with Gasteiger partial charge in [0.15, 0.2) is 0 Å². The topological polar surface area (TPSA) is 41.6 Å². The first kappa shape index (κ1) is 13.6. The Kier molecular flexibility index (Phi) is 4.03. The predicted molar refractivity (Wildman–Crippen MR) is 77.4 cm³/mol. The summed E-state index contributed by atoms with van der Waals surface area (Å²) in [7, 11) is 0. The summed E-state index contributed by atoms with van der Waals surface area (Å²) in [6, 6.07) is 8.28. The zero-order valence-corrected chi connectivity index (χ0v) is 12.0. The van der Waals surface area contributed by atoms with E-state index in [1.165, 1.54) is 11.1 Å². The van der Waals surface area contributed by atoms with E-state index in [2.05, 4.69) is 30.4 Å². The molecule has 4 heteroatoms. The van der Waals surface area contributed by atoms with Crippen LogP contribution < -0.4 is 5.32 Å². The molecule has 108 valence electrons. The molecule has 0 bridgehead atoms. The van der Waals surface area contributed by atoms with Crippen LogP contribution in [0.2, 0.25) is 0 Å². The van der Waals surface area contributed by atoms with Crippen LogP contribution in [0.4, 0.5) is 0 Å². The Hall–Kier alpha value is -1.39. The Labute approximate surface area is 120 Å². The Morgan fingerprint density at radius 2 is 2.20 bits per heavy atom. The van der Waals surface area contributed by atoms with Gasteiger partial charge in [-0.15, -0.1) is 0 Å². The van der Waals surface area contributed by atoms with Gasteiger partial charge in [0.1, 0.15) is 0 Å². The zero-order chi connectivity index (χ0) is 13.9. The van der Waals surface area contributed by atoms with Crippen molar-refractivity contribution in [3.8, 4) is 0 Å². The number of morpholine rings is 1. The molecule has 1 fully saturated rings. The molecular formula is C16H22N2O2. The zero-order valence-electron chi connectivity index (χ0n) is 12.0. The van der Waals surface area contributed by atoms with Gasteiger partial charge < -0.3 is 15.0 Å². The van der Waals surface area contributed by atoms with Crippen molar-refractivity contribution in [1.82, 2.24) is 10.2 Å². The number of rotatable bonds is 2. The number of fused-ring (bicyclic) bond motifs is 1.